The lowest BCUT2D eigenvalue weighted by molar-refractivity contribution is 0.111. The normalized spacial score (nSPS) is 18.2. The van der Waals surface area contributed by atoms with Gasteiger partial charge in [0, 0.05) is 12.6 Å². The number of hydrogen-bond donors (Lipinski definition) is 0. The van der Waals surface area contributed by atoms with Crippen molar-refractivity contribution in [3.8, 4) is 5.75 Å². The van der Waals surface area contributed by atoms with Crippen molar-refractivity contribution in [1.82, 2.24) is 4.57 Å². The summed E-state index contributed by atoms with van der Waals surface area (Å²) in [6.45, 7) is 0.328. The van der Waals surface area contributed by atoms with Crippen molar-refractivity contribution in [2.75, 3.05) is 12.9 Å². The van der Waals surface area contributed by atoms with Crippen molar-refractivity contribution in [3.05, 3.63) is 17.5 Å². The summed E-state index contributed by atoms with van der Waals surface area (Å²) in [4.78, 5) is 10.7. The Labute approximate surface area is 87.6 Å². The van der Waals surface area contributed by atoms with Gasteiger partial charge in [-0.15, -0.1) is 0 Å². The van der Waals surface area contributed by atoms with Crippen molar-refractivity contribution >= 4 is 16.1 Å². The number of aldehydes is 1. The highest BCUT2D eigenvalue weighted by Gasteiger charge is 2.26. The number of carbonyl (C=O) groups excluding carboxylic acids is 1. The Morgan fingerprint density at radius 3 is 2.87 bits per heavy atom. The average Bonchev–Trinajstić information content (AvgIpc) is 2.53. The first-order valence-corrected chi connectivity index (χ1v) is 6.31. The highest BCUT2D eigenvalue weighted by atomic mass is 32.2. The van der Waals surface area contributed by atoms with Crippen LogP contribution in [0.1, 0.15) is 16.2 Å². The number of hydrogen-bond acceptors (Lipinski definition) is 4. The van der Waals surface area contributed by atoms with E-state index in [1.54, 1.807) is 10.6 Å². The summed E-state index contributed by atoms with van der Waals surface area (Å²) < 4.78 is 29.6. The lowest BCUT2D eigenvalue weighted by atomic mass is 10.4. The van der Waals surface area contributed by atoms with E-state index in [0.29, 0.717) is 30.0 Å². The van der Waals surface area contributed by atoms with Crippen LogP contribution in [0.25, 0.3) is 0 Å². The highest BCUT2D eigenvalue weighted by Crippen LogP contribution is 2.28. The van der Waals surface area contributed by atoms with Crippen LogP contribution in [0.15, 0.2) is 6.07 Å². The molecule has 0 unspecified atom stereocenters. The molecule has 1 aliphatic rings. The molecular weight excluding hydrogens is 218 g/mol. The van der Waals surface area contributed by atoms with Crippen molar-refractivity contribution in [3.63, 3.8) is 0 Å². The Balaban J connectivity index is 2.57. The standard InChI is InChI=1S/C9H11NO4S/c1-14-9-4-7(5-11)10-2-3-15(12,13)6-8(9)10/h4-5H,2-3,6H2,1H3. The van der Waals surface area contributed by atoms with E-state index in [9.17, 15) is 13.2 Å². The van der Waals surface area contributed by atoms with Gasteiger partial charge in [-0.05, 0) is 0 Å². The molecular formula is C9H11NO4S. The van der Waals surface area contributed by atoms with E-state index in [1.807, 2.05) is 0 Å². The number of aromatic nitrogens is 1. The van der Waals surface area contributed by atoms with Gasteiger partial charge in [0.05, 0.1) is 30.0 Å². The maximum Gasteiger partial charge on any atom is 0.166 e. The van der Waals surface area contributed by atoms with Crippen LogP contribution in [0.3, 0.4) is 0 Å². The van der Waals surface area contributed by atoms with Crippen molar-refractivity contribution in [2.24, 2.45) is 0 Å². The minimum Gasteiger partial charge on any atom is -0.495 e. The fraction of sp³-hybridized carbons (Fsp3) is 0.444. The van der Waals surface area contributed by atoms with Crippen LogP contribution < -0.4 is 4.74 Å². The quantitative estimate of drug-likeness (QED) is 0.681. The van der Waals surface area contributed by atoms with E-state index in [-0.39, 0.29) is 11.5 Å². The van der Waals surface area contributed by atoms with E-state index in [1.165, 1.54) is 7.11 Å². The molecule has 1 aromatic heterocycles. The van der Waals surface area contributed by atoms with Crippen molar-refractivity contribution < 1.29 is 17.9 Å². The average molecular weight is 229 g/mol. The molecule has 0 bridgehead atoms. The second-order valence-electron chi connectivity index (χ2n) is 3.45. The van der Waals surface area contributed by atoms with Gasteiger partial charge in [-0.2, -0.15) is 0 Å². The first-order chi connectivity index (χ1) is 7.07. The first kappa shape index (κ1) is 10.2. The number of methoxy groups -OCH3 is 1. The molecule has 82 valence electrons. The predicted octanol–water partition coefficient (Wildman–Crippen LogP) is 0.238. The number of nitrogens with zero attached hydrogens (tertiary/aromatic N) is 1. The molecule has 15 heavy (non-hydrogen) atoms. The Kier molecular flexibility index (Phi) is 2.30. The topological polar surface area (TPSA) is 65.4 Å². The zero-order chi connectivity index (χ0) is 11.1. The molecule has 0 amide bonds. The number of fused-ring (bicyclic) bond motifs is 1. The number of carbonyl (C=O) groups is 1. The van der Waals surface area contributed by atoms with Crippen LogP contribution in [0, 0.1) is 0 Å². The fourth-order valence-electron chi connectivity index (χ4n) is 1.78. The molecule has 0 saturated heterocycles. The van der Waals surface area contributed by atoms with E-state index in [2.05, 4.69) is 0 Å². The van der Waals surface area contributed by atoms with Crippen LogP contribution in [0.5, 0.6) is 5.75 Å². The highest BCUT2D eigenvalue weighted by molar-refractivity contribution is 7.90. The third kappa shape index (κ3) is 1.65. The zero-order valence-corrected chi connectivity index (χ0v) is 9.08. The summed E-state index contributed by atoms with van der Waals surface area (Å²) in [5.74, 6) is 0.503. The molecule has 5 nitrogen and oxygen atoms in total. The third-order valence-corrected chi connectivity index (χ3v) is 4.04. The molecule has 2 rings (SSSR count). The van der Waals surface area contributed by atoms with Crippen molar-refractivity contribution in [2.45, 2.75) is 12.3 Å². The minimum atomic E-state index is -3.04. The number of sulfone groups is 1. The molecule has 6 heteroatoms. The lowest BCUT2D eigenvalue weighted by Gasteiger charge is -2.17. The molecule has 0 aliphatic carbocycles. The van der Waals surface area contributed by atoms with Gasteiger partial charge in [-0.25, -0.2) is 8.42 Å². The Bertz CT molecular complexity index is 500. The van der Waals surface area contributed by atoms with Gasteiger partial charge >= 0.3 is 0 Å². The van der Waals surface area contributed by atoms with Crippen LogP contribution in [0.4, 0.5) is 0 Å². The molecule has 0 saturated carbocycles. The van der Waals surface area contributed by atoms with E-state index in [4.69, 9.17) is 4.74 Å². The summed E-state index contributed by atoms with van der Waals surface area (Å²) in [7, 11) is -1.58. The SMILES string of the molecule is COc1cc(C=O)n2c1CS(=O)(=O)CC2. The molecule has 0 atom stereocenters. The van der Waals surface area contributed by atoms with Gasteiger partial charge in [-0.1, -0.05) is 0 Å². The number of rotatable bonds is 2. The fourth-order valence-corrected chi connectivity index (χ4v) is 3.10. The van der Waals surface area contributed by atoms with Crippen LogP contribution in [-0.4, -0.2) is 32.1 Å². The molecule has 1 aromatic rings. The maximum absolute atomic E-state index is 11.4. The largest absolute Gasteiger partial charge is 0.495 e. The third-order valence-electron chi connectivity index (χ3n) is 2.52. The summed E-state index contributed by atoms with van der Waals surface area (Å²) >= 11 is 0. The predicted molar refractivity (Wildman–Crippen MR) is 53.9 cm³/mol. The second kappa shape index (κ2) is 3.37. The van der Waals surface area contributed by atoms with Crippen LogP contribution >= 0.6 is 0 Å². The summed E-state index contributed by atoms with van der Waals surface area (Å²) in [6.07, 6.45) is 0.712. The monoisotopic (exact) mass is 229 g/mol. The van der Waals surface area contributed by atoms with Gasteiger partial charge in [-0.3, -0.25) is 4.79 Å². The minimum absolute atomic E-state index is 0.0516. The molecule has 2 heterocycles. The molecule has 0 N–H and O–H groups in total. The molecule has 0 radical (unpaired) electrons. The number of ether oxygens (including phenoxy) is 1. The molecule has 0 spiro atoms. The smallest absolute Gasteiger partial charge is 0.166 e. The van der Waals surface area contributed by atoms with Crippen molar-refractivity contribution in [1.29, 1.82) is 0 Å². The van der Waals surface area contributed by atoms with Gasteiger partial charge < -0.3 is 9.30 Å². The lowest BCUT2D eigenvalue weighted by Crippen LogP contribution is -2.24. The van der Waals surface area contributed by atoms with Gasteiger partial charge in [0.1, 0.15) is 5.75 Å². The zero-order valence-electron chi connectivity index (χ0n) is 8.26. The maximum atomic E-state index is 11.4. The summed E-state index contributed by atoms with van der Waals surface area (Å²) in [6, 6.07) is 1.57. The van der Waals surface area contributed by atoms with Gasteiger partial charge in [0.25, 0.3) is 0 Å². The Morgan fingerprint density at radius 2 is 2.27 bits per heavy atom. The molecule has 0 fully saturated rings. The Morgan fingerprint density at radius 1 is 1.53 bits per heavy atom. The van der Waals surface area contributed by atoms with E-state index >= 15 is 0 Å². The second-order valence-corrected chi connectivity index (χ2v) is 5.63. The van der Waals surface area contributed by atoms with E-state index < -0.39 is 9.84 Å². The van der Waals surface area contributed by atoms with Gasteiger partial charge in [0.2, 0.25) is 0 Å². The van der Waals surface area contributed by atoms with Crippen LogP contribution in [0.2, 0.25) is 0 Å². The summed E-state index contributed by atoms with van der Waals surface area (Å²) in [5, 5.41) is 0. The van der Waals surface area contributed by atoms with E-state index in [0.717, 1.165) is 0 Å². The molecule has 1 aliphatic heterocycles. The summed E-state index contributed by atoms with van der Waals surface area (Å²) in [5.41, 5.74) is 1.04. The Hall–Kier alpha value is -1.30. The van der Waals surface area contributed by atoms with Gasteiger partial charge in [0.15, 0.2) is 16.1 Å². The van der Waals surface area contributed by atoms with Crippen LogP contribution in [-0.2, 0) is 22.1 Å². The molecule has 0 aromatic carbocycles. The first-order valence-electron chi connectivity index (χ1n) is 4.49.